The van der Waals surface area contributed by atoms with Crippen molar-refractivity contribution in [3.63, 3.8) is 0 Å². The summed E-state index contributed by atoms with van der Waals surface area (Å²) in [6.45, 7) is 0. The lowest BCUT2D eigenvalue weighted by Gasteiger charge is -2.16. The first-order valence-corrected chi connectivity index (χ1v) is 47.7. The molecule has 0 unspecified atom stereocenters. The second-order valence-corrected chi connectivity index (χ2v) is 36.5. The molecule has 1 aliphatic carbocycles. The molecule has 10 aromatic heterocycles. The van der Waals surface area contributed by atoms with Crippen LogP contribution in [0.5, 0.6) is 0 Å². The predicted octanol–water partition coefficient (Wildman–Crippen LogP) is 31.5. The highest BCUT2D eigenvalue weighted by Gasteiger charge is 2.33. The van der Waals surface area contributed by atoms with Crippen molar-refractivity contribution in [2.75, 3.05) is 0 Å². The number of fused-ring (bicyclic) bond motifs is 22. The van der Waals surface area contributed by atoms with Gasteiger partial charge in [-0.2, -0.15) is 29.9 Å². The predicted molar refractivity (Wildman–Crippen MR) is 579 cm³/mol. The van der Waals surface area contributed by atoms with Crippen LogP contribution in [-0.4, -0.2) is 67.4 Å². The molecule has 14 nitrogen and oxygen atoms in total. The third-order valence-corrected chi connectivity index (χ3v) is 29.0. The van der Waals surface area contributed by atoms with Crippen LogP contribution in [0, 0.1) is 0 Å². The minimum absolute atomic E-state index is 0.598. The molecular weight excluding hydrogens is 1720 g/mol. The molecule has 0 aliphatic heterocycles. The zero-order valence-electron chi connectivity index (χ0n) is 75.5. The highest BCUT2D eigenvalue weighted by Crippen LogP contribution is 2.55. The summed E-state index contributed by atoms with van der Waals surface area (Å²) in [5, 5.41) is 27.0. The van der Waals surface area contributed by atoms with E-state index in [0.717, 1.165) is 66.5 Å². The summed E-state index contributed by atoms with van der Waals surface area (Å²) in [6.07, 6.45) is 0. The van der Waals surface area contributed by atoms with Crippen LogP contribution in [-0.2, 0) is 0 Å². The Hall–Kier alpha value is -19.3. The summed E-state index contributed by atoms with van der Waals surface area (Å²) in [6, 6.07) is 158. The first kappa shape index (κ1) is 78.1. The minimum atomic E-state index is 0.598. The number of hydrogen-bond acceptors (Lipinski definition) is 9. The van der Waals surface area contributed by atoms with Gasteiger partial charge < -0.3 is 8.80 Å². The van der Waals surface area contributed by atoms with E-state index in [0.29, 0.717) is 52.8 Å². The number of rotatable bonds is 9. The molecule has 32 rings (SSSR count). The first-order valence-electron chi connectivity index (χ1n) is 47.7. The van der Waals surface area contributed by atoms with Gasteiger partial charge in [-0.25, -0.2) is 15.0 Å². The van der Waals surface area contributed by atoms with Gasteiger partial charge in [0.25, 0.3) is 0 Å². The topological polar surface area (TPSA) is 140 Å². The average molecular weight is 1800 g/mol. The van der Waals surface area contributed by atoms with Crippen LogP contribution in [0.1, 0.15) is 0 Å². The van der Waals surface area contributed by atoms with Crippen molar-refractivity contribution in [3.8, 4) is 108 Å². The summed E-state index contributed by atoms with van der Waals surface area (Å²) in [4.78, 5) is 46.1. The zero-order valence-corrected chi connectivity index (χ0v) is 75.5. The molecule has 0 spiro atoms. The molecule has 0 atom stereocenters. The van der Waals surface area contributed by atoms with Crippen molar-refractivity contribution in [1.29, 1.82) is 0 Å². The van der Waals surface area contributed by atoms with E-state index in [-0.39, 0.29) is 0 Å². The maximum Gasteiger partial charge on any atom is 0.238 e. The number of para-hydroxylation sites is 2. The third kappa shape index (κ3) is 11.6. The zero-order chi connectivity index (χ0) is 92.2. The lowest BCUT2D eigenvalue weighted by Crippen LogP contribution is -2.06. The third-order valence-electron chi connectivity index (χ3n) is 29.0. The Balaban J connectivity index is 0.0000000992. The lowest BCUT2D eigenvalue weighted by molar-refractivity contribution is 0.953. The summed E-state index contributed by atoms with van der Waals surface area (Å²) in [5.41, 5.74) is 24.4. The van der Waals surface area contributed by atoms with E-state index in [1.54, 1.807) is 0 Å². The van der Waals surface area contributed by atoms with Crippen LogP contribution in [0.3, 0.4) is 0 Å². The Labute approximate surface area is 803 Å². The van der Waals surface area contributed by atoms with Crippen molar-refractivity contribution < 1.29 is 0 Å². The summed E-state index contributed by atoms with van der Waals surface area (Å²) in [7, 11) is 0. The molecule has 0 amide bonds. The van der Waals surface area contributed by atoms with Crippen molar-refractivity contribution in [1.82, 2.24) is 67.4 Å². The highest BCUT2D eigenvalue weighted by atomic mass is 15.2. The van der Waals surface area contributed by atoms with E-state index in [4.69, 9.17) is 44.9 Å². The molecule has 10 heterocycles. The Kier molecular flexibility index (Phi) is 16.9. The van der Waals surface area contributed by atoms with Crippen molar-refractivity contribution >= 4 is 185 Å². The fourth-order valence-corrected chi connectivity index (χ4v) is 23.1. The monoisotopic (exact) mass is 1790 g/mol. The van der Waals surface area contributed by atoms with Crippen LogP contribution >= 0.6 is 0 Å². The summed E-state index contributed by atoms with van der Waals surface area (Å²) in [5.74, 6) is 5.67. The van der Waals surface area contributed by atoms with Crippen molar-refractivity contribution in [2.24, 2.45) is 0 Å². The van der Waals surface area contributed by atoms with Crippen LogP contribution in [0.4, 0.5) is 0 Å². The molecule has 0 radical (unpaired) electrons. The van der Waals surface area contributed by atoms with E-state index in [1.165, 1.54) is 174 Å². The molecule has 0 fully saturated rings. The number of hydrogen-bond donors (Lipinski definition) is 0. The molecule has 1 aliphatic rings. The van der Waals surface area contributed by atoms with Gasteiger partial charge >= 0.3 is 0 Å². The van der Waals surface area contributed by atoms with Crippen molar-refractivity contribution in [2.45, 2.75) is 0 Å². The van der Waals surface area contributed by atoms with E-state index >= 15 is 0 Å². The van der Waals surface area contributed by atoms with Gasteiger partial charge in [0, 0.05) is 114 Å². The highest BCUT2D eigenvalue weighted by molar-refractivity contribution is 6.40. The fraction of sp³-hybridized carbons (Fsp3) is 0. The van der Waals surface area contributed by atoms with E-state index in [1.807, 2.05) is 109 Å². The molecular formula is C127H74N14. The van der Waals surface area contributed by atoms with Gasteiger partial charge in [-0.05, 0) is 108 Å². The molecule has 31 aromatic rings. The Morgan fingerprint density at radius 3 is 0.915 bits per heavy atom. The molecule has 652 valence electrons. The molecule has 14 heteroatoms. The molecule has 0 saturated heterocycles. The van der Waals surface area contributed by atoms with Gasteiger partial charge in [-0.1, -0.05) is 400 Å². The molecule has 0 saturated carbocycles. The summed E-state index contributed by atoms with van der Waals surface area (Å²) >= 11 is 0. The van der Waals surface area contributed by atoms with E-state index in [9.17, 15) is 0 Å². The van der Waals surface area contributed by atoms with Crippen LogP contribution in [0.15, 0.2) is 449 Å². The smallest absolute Gasteiger partial charge is 0.238 e. The van der Waals surface area contributed by atoms with Crippen LogP contribution in [0.2, 0.25) is 0 Å². The molecule has 0 bridgehead atoms. The van der Waals surface area contributed by atoms with E-state index in [2.05, 4.69) is 362 Å². The van der Waals surface area contributed by atoms with Gasteiger partial charge in [0.05, 0.1) is 66.2 Å². The number of aromatic nitrogens is 14. The maximum absolute atomic E-state index is 5.21. The van der Waals surface area contributed by atoms with Gasteiger partial charge in [0.2, 0.25) is 17.8 Å². The minimum Gasteiger partial charge on any atom is -0.308 e. The standard InChI is InChI=1S/2C43H25N5.C41H24N4/c1-3-13-27(14-4-1)41-44-42(28-15-5-2-6-16-28)46-43(45-41)48-34-21-11-19-31-30-18-9-10-20-33(30)47-35-24-22-26-12-7-8-17-29(26)37(35)32-23-25-36(48)39(38(31)34)40(32)47;1-3-13-27(14-4-1)41-44-42(28-15-5-2-6-16-28)46-43(45-41)47-35-21-11-19-31-30-18-9-10-20-34(30)48-39-29-17-8-7-12-26(29)22-23-32(39)33-24-25-36(47)38(37(31)35)40(33)48;1-3-13-25(14-4-1)39-42-40(26-15-5-2-6-16-26)44-41(43-39)45-34-24-12-23-32-28-18-8-7-17-27(28)30-21-11-22-31-29-19-9-10-20-33(29)38(45)37(35(30)31)36(32)34/h2*1-25H;1-24H. The number of benzene rings is 21. The second-order valence-electron chi connectivity index (χ2n) is 36.5. The van der Waals surface area contributed by atoms with Crippen molar-refractivity contribution in [3.05, 3.63) is 449 Å². The second kappa shape index (κ2) is 30.6. The molecule has 0 N–H and O–H groups in total. The van der Waals surface area contributed by atoms with Gasteiger partial charge in [0.1, 0.15) is 0 Å². The quantitative estimate of drug-likeness (QED) is 0.129. The van der Waals surface area contributed by atoms with Crippen LogP contribution < -0.4 is 0 Å². The average Bonchev–Trinajstić information content (AvgIpc) is 1.52. The maximum atomic E-state index is 5.21. The number of nitrogens with zero attached hydrogens (tertiary/aromatic N) is 14. The Morgan fingerprint density at radius 1 is 0.128 bits per heavy atom. The largest absolute Gasteiger partial charge is 0.308 e. The van der Waals surface area contributed by atoms with Crippen LogP contribution in [0.25, 0.3) is 293 Å². The lowest BCUT2D eigenvalue weighted by atomic mass is 9.91. The fourth-order valence-electron chi connectivity index (χ4n) is 23.1. The normalized spacial score (nSPS) is 12.1. The van der Waals surface area contributed by atoms with Gasteiger partial charge in [-0.3, -0.25) is 13.7 Å². The Morgan fingerprint density at radius 2 is 0.426 bits per heavy atom. The molecule has 141 heavy (non-hydrogen) atoms. The van der Waals surface area contributed by atoms with E-state index < -0.39 is 0 Å². The Bertz CT molecular complexity index is 10300. The van der Waals surface area contributed by atoms with Gasteiger partial charge in [0.15, 0.2) is 34.9 Å². The molecule has 21 aromatic carbocycles. The van der Waals surface area contributed by atoms with Gasteiger partial charge in [-0.15, -0.1) is 0 Å². The SMILES string of the molecule is c1ccc(-c2nc(-c3ccccc3)nc(-n3c4cccc5c4c4c6c(cccc6c6ccccc6c43)-c3ccccc3-5)n2)cc1.c1ccc(-c2nc(-c3ccccc3)nc(-n3c4cccc5c6ccccc6n6c7c8ccccc8ccc7c7ccc3c(c54)c76)n2)cc1.c1ccc(-c2nc(-c3ccccc3)nc(-n3c4cccc5c6ccccc6n6c7ccc8ccccc8c7c7ccc3c(c54)c76)n2)cc1. The summed E-state index contributed by atoms with van der Waals surface area (Å²) < 4.78 is 11.7. The first-order chi connectivity index (χ1) is 70.0.